The molecule has 4 heteroatoms. The molecule has 0 aliphatic heterocycles. The molecule has 1 rings (SSSR count). The average Bonchev–Trinajstić information content (AvgIpc) is 2.85. The summed E-state index contributed by atoms with van der Waals surface area (Å²) in [4.78, 5) is 2.19. The average molecular weight is 229 g/mol. The first-order chi connectivity index (χ1) is 6.99. The Bertz CT molecular complexity index is 212. The Kier molecular flexibility index (Phi) is 4.80. The van der Waals surface area contributed by atoms with Gasteiger partial charge in [0.2, 0.25) is 0 Å². The van der Waals surface area contributed by atoms with E-state index in [2.05, 4.69) is 43.5 Å². The molecule has 88 valence electrons. The molecule has 1 unspecified atom stereocenters. The second-order valence-corrected chi connectivity index (χ2v) is 5.41. The van der Waals surface area contributed by atoms with Gasteiger partial charge in [0.05, 0.1) is 0 Å². The van der Waals surface area contributed by atoms with Crippen molar-refractivity contribution in [2.45, 2.75) is 38.8 Å². The Morgan fingerprint density at radius 1 is 1.40 bits per heavy atom. The van der Waals surface area contributed by atoms with Crippen LogP contribution in [0.4, 0.5) is 0 Å². The van der Waals surface area contributed by atoms with Gasteiger partial charge in [-0.05, 0) is 45.1 Å². The van der Waals surface area contributed by atoms with E-state index < -0.39 is 0 Å². The Balaban J connectivity index is 2.31. The summed E-state index contributed by atoms with van der Waals surface area (Å²) in [6.45, 7) is 5.46. The van der Waals surface area contributed by atoms with E-state index in [1.54, 1.807) is 0 Å². The summed E-state index contributed by atoms with van der Waals surface area (Å²) in [6.07, 6.45) is 2.53. The lowest BCUT2D eigenvalue weighted by Crippen LogP contribution is -2.49. The first-order valence-electron chi connectivity index (χ1n) is 5.70. The SMILES string of the molecule is CC(C)C(CN(C)C)NC(=S)NC1CC1. The third-order valence-electron chi connectivity index (χ3n) is 2.60. The van der Waals surface area contributed by atoms with Crippen molar-refractivity contribution in [2.75, 3.05) is 20.6 Å². The Morgan fingerprint density at radius 2 is 2.00 bits per heavy atom. The Labute approximate surface area is 98.6 Å². The molecule has 0 aromatic heterocycles. The van der Waals surface area contributed by atoms with Crippen molar-refractivity contribution < 1.29 is 0 Å². The minimum Gasteiger partial charge on any atom is -0.360 e. The normalized spacial score (nSPS) is 18.0. The molecule has 0 radical (unpaired) electrons. The van der Waals surface area contributed by atoms with Gasteiger partial charge in [-0.2, -0.15) is 0 Å². The summed E-state index contributed by atoms with van der Waals surface area (Å²) in [5.41, 5.74) is 0. The zero-order valence-corrected chi connectivity index (χ0v) is 11.0. The van der Waals surface area contributed by atoms with Crippen LogP contribution >= 0.6 is 12.2 Å². The maximum absolute atomic E-state index is 5.28. The topological polar surface area (TPSA) is 27.3 Å². The van der Waals surface area contributed by atoms with Crippen molar-refractivity contribution in [2.24, 2.45) is 5.92 Å². The lowest BCUT2D eigenvalue weighted by molar-refractivity contribution is 0.312. The molecule has 0 heterocycles. The molecule has 1 aliphatic rings. The monoisotopic (exact) mass is 229 g/mol. The van der Waals surface area contributed by atoms with Gasteiger partial charge in [0.25, 0.3) is 0 Å². The van der Waals surface area contributed by atoms with Crippen molar-refractivity contribution in [3.8, 4) is 0 Å². The summed E-state index contributed by atoms with van der Waals surface area (Å²) in [5, 5.41) is 7.53. The largest absolute Gasteiger partial charge is 0.360 e. The van der Waals surface area contributed by atoms with Crippen molar-refractivity contribution >= 4 is 17.3 Å². The van der Waals surface area contributed by atoms with E-state index in [0.29, 0.717) is 18.0 Å². The molecular formula is C11H23N3S. The first-order valence-corrected chi connectivity index (χ1v) is 6.11. The van der Waals surface area contributed by atoms with Crippen LogP contribution in [-0.2, 0) is 0 Å². The molecule has 1 saturated carbocycles. The number of nitrogens with zero attached hydrogens (tertiary/aromatic N) is 1. The molecule has 1 atom stereocenters. The number of likely N-dealkylation sites (N-methyl/N-ethyl adjacent to an activating group) is 1. The first kappa shape index (κ1) is 12.7. The Hall–Kier alpha value is -0.350. The number of thiocarbonyl (C=S) groups is 1. The number of rotatable bonds is 5. The second kappa shape index (κ2) is 5.66. The van der Waals surface area contributed by atoms with Crippen LogP contribution in [-0.4, -0.2) is 42.7 Å². The quantitative estimate of drug-likeness (QED) is 0.693. The standard InChI is InChI=1S/C11H23N3S/c1-8(2)10(7-14(3)4)13-11(15)12-9-5-6-9/h8-10H,5-7H2,1-4H3,(H2,12,13,15). The van der Waals surface area contributed by atoms with E-state index in [1.165, 1.54) is 12.8 Å². The zero-order chi connectivity index (χ0) is 11.4. The minimum absolute atomic E-state index is 0.429. The number of hydrogen-bond acceptors (Lipinski definition) is 2. The highest BCUT2D eigenvalue weighted by Gasteiger charge is 2.23. The van der Waals surface area contributed by atoms with Gasteiger partial charge in [0, 0.05) is 18.6 Å². The third-order valence-corrected chi connectivity index (χ3v) is 2.83. The summed E-state index contributed by atoms with van der Waals surface area (Å²) in [7, 11) is 4.18. The fourth-order valence-electron chi connectivity index (χ4n) is 1.44. The van der Waals surface area contributed by atoms with Gasteiger partial charge in [-0.15, -0.1) is 0 Å². The lowest BCUT2D eigenvalue weighted by atomic mass is 10.0. The summed E-state index contributed by atoms with van der Waals surface area (Å²) >= 11 is 5.28. The van der Waals surface area contributed by atoms with E-state index in [0.717, 1.165) is 11.7 Å². The predicted molar refractivity (Wildman–Crippen MR) is 69.1 cm³/mol. The van der Waals surface area contributed by atoms with Crippen LogP contribution in [0.5, 0.6) is 0 Å². The van der Waals surface area contributed by atoms with E-state index in [4.69, 9.17) is 12.2 Å². The lowest BCUT2D eigenvalue weighted by Gasteiger charge is -2.27. The molecule has 0 aromatic carbocycles. The Morgan fingerprint density at radius 3 is 2.40 bits per heavy atom. The molecule has 3 nitrogen and oxygen atoms in total. The smallest absolute Gasteiger partial charge is 0.166 e. The maximum Gasteiger partial charge on any atom is 0.166 e. The van der Waals surface area contributed by atoms with Crippen molar-refractivity contribution in [1.29, 1.82) is 0 Å². The summed E-state index contributed by atoms with van der Waals surface area (Å²) < 4.78 is 0. The fourth-order valence-corrected chi connectivity index (χ4v) is 1.76. The van der Waals surface area contributed by atoms with E-state index >= 15 is 0 Å². The van der Waals surface area contributed by atoms with Gasteiger partial charge >= 0.3 is 0 Å². The number of nitrogens with one attached hydrogen (secondary N) is 2. The molecule has 0 amide bonds. The third kappa shape index (κ3) is 5.33. The molecule has 1 aliphatic carbocycles. The summed E-state index contributed by atoms with van der Waals surface area (Å²) in [5.74, 6) is 0.589. The van der Waals surface area contributed by atoms with Gasteiger partial charge in [0.1, 0.15) is 0 Å². The van der Waals surface area contributed by atoms with Crippen LogP contribution < -0.4 is 10.6 Å². The summed E-state index contributed by atoms with van der Waals surface area (Å²) in [6, 6.07) is 1.07. The van der Waals surface area contributed by atoms with Crippen molar-refractivity contribution in [3.63, 3.8) is 0 Å². The fraction of sp³-hybridized carbons (Fsp3) is 0.909. The van der Waals surface area contributed by atoms with Gasteiger partial charge in [-0.1, -0.05) is 13.8 Å². The molecule has 1 fully saturated rings. The highest BCUT2D eigenvalue weighted by molar-refractivity contribution is 7.80. The molecule has 0 spiro atoms. The molecule has 2 N–H and O–H groups in total. The molecule has 0 saturated heterocycles. The maximum atomic E-state index is 5.28. The molecular weight excluding hydrogens is 206 g/mol. The van der Waals surface area contributed by atoms with Crippen LogP contribution in [0.15, 0.2) is 0 Å². The second-order valence-electron chi connectivity index (χ2n) is 5.00. The number of hydrogen-bond donors (Lipinski definition) is 2. The van der Waals surface area contributed by atoms with Crippen LogP contribution in [0, 0.1) is 5.92 Å². The molecule has 0 bridgehead atoms. The van der Waals surface area contributed by atoms with Crippen LogP contribution in [0.3, 0.4) is 0 Å². The van der Waals surface area contributed by atoms with Gasteiger partial charge in [-0.25, -0.2) is 0 Å². The highest BCUT2D eigenvalue weighted by Crippen LogP contribution is 2.18. The molecule has 15 heavy (non-hydrogen) atoms. The van der Waals surface area contributed by atoms with Crippen molar-refractivity contribution in [1.82, 2.24) is 15.5 Å². The van der Waals surface area contributed by atoms with Crippen LogP contribution in [0.25, 0.3) is 0 Å². The van der Waals surface area contributed by atoms with Gasteiger partial charge in [-0.3, -0.25) is 0 Å². The van der Waals surface area contributed by atoms with Crippen LogP contribution in [0.2, 0.25) is 0 Å². The zero-order valence-electron chi connectivity index (χ0n) is 10.2. The minimum atomic E-state index is 0.429. The predicted octanol–water partition coefficient (Wildman–Crippen LogP) is 1.20. The van der Waals surface area contributed by atoms with Gasteiger partial charge < -0.3 is 15.5 Å². The van der Waals surface area contributed by atoms with Crippen molar-refractivity contribution in [3.05, 3.63) is 0 Å². The van der Waals surface area contributed by atoms with E-state index in [-0.39, 0.29) is 0 Å². The van der Waals surface area contributed by atoms with Gasteiger partial charge in [0.15, 0.2) is 5.11 Å². The van der Waals surface area contributed by atoms with Crippen LogP contribution in [0.1, 0.15) is 26.7 Å². The van der Waals surface area contributed by atoms with E-state index in [9.17, 15) is 0 Å². The van der Waals surface area contributed by atoms with E-state index in [1.807, 2.05) is 0 Å². The molecule has 0 aromatic rings. The highest BCUT2D eigenvalue weighted by atomic mass is 32.1.